The summed E-state index contributed by atoms with van der Waals surface area (Å²) in [5, 5.41) is 2.83. The number of hydrogen-bond acceptors (Lipinski definition) is 5. The maximum Gasteiger partial charge on any atom is 0.410 e. The van der Waals surface area contributed by atoms with Crippen molar-refractivity contribution < 1.29 is 22.7 Å². The minimum Gasteiger partial charge on any atom is -0.444 e. The van der Waals surface area contributed by atoms with Gasteiger partial charge in [-0.25, -0.2) is 13.2 Å². The number of carbonyl (C=O) groups is 2. The zero-order chi connectivity index (χ0) is 20.9. The fourth-order valence-electron chi connectivity index (χ4n) is 2.80. The Morgan fingerprint density at radius 2 is 1.79 bits per heavy atom. The number of nitrogens with zero attached hydrogens (tertiary/aromatic N) is 1. The Morgan fingerprint density at radius 1 is 1.18 bits per heavy atom. The molecule has 1 saturated heterocycles. The van der Waals surface area contributed by atoms with E-state index >= 15 is 0 Å². The fraction of sp³-hybridized carbons (Fsp3) is 0.579. The summed E-state index contributed by atoms with van der Waals surface area (Å²) in [6.07, 6.45) is 1.02. The van der Waals surface area contributed by atoms with E-state index in [0.29, 0.717) is 30.9 Å². The molecule has 0 radical (unpaired) electrons. The summed E-state index contributed by atoms with van der Waals surface area (Å²) in [6, 6.07) is 6.47. The van der Waals surface area contributed by atoms with Gasteiger partial charge in [0.1, 0.15) is 5.60 Å². The first-order valence-electron chi connectivity index (χ1n) is 9.38. The van der Waals surface area contributed by atoms with Gasteiger partial charge in [0.2, 0.25) is 15.9 Å². The molecular weight excluding hydrogens is 382 g/mol. The lowest BCUT2D eigenvalue weighted by atomic mass is 9.97. The van der Waals surface area contributed by atoms with Crippen LogP contribution in [0.1, 0.15) is 40.5 Å². The maximum absolute atomic E-state index is 12.6. The number of rotatable bonds is 5. The topological polar surface area (TPSA) is 105 Å². The van der Waals surface area contributed by atoms with Crippen LogP contribution in [0, 0.1) is 5.92 Å². The molecule has 1 aromatic carbocycles. The van der Waals surface area contributed by atoms with Crippen LogP contribution in [-0.2, 0) is 19.6 Å². The molecule has 1 unspecified atom stereocenters. The van der Waals surface area contributed by atoms with Crippen LogP contribution >= 0.6 is 0 Å². The summed E-state index contributed by atoms with van der Waals surface area (Å²) in [5.41, 5.74) is 0.431. The fourth-order valence-corrected chi connectivity index (χ4v) is 3.44. The zero-order valence-electron chi connectivity index (χ0n) is 16.8. The standard InChI is InChI=1S/C19H29N3O5S/c1-5-28(25,26)21-16-10-8-15(9-11-16)20-17(23)14-7-6-12-22(13-14)18(24)27-19(2,3)4/h8-11,14,21H,5-7,12-13H2,1-4H3,(H,20,23). The maximum atomic E-state index is 12.6. The van der Waals surface area contributed by atoms with E-state index < -0.39 is 21.7 Å². The molecule has 1 aliphatic rings. The van der Waals surface area contributed by atoms with Crippen LogP contribution < -0.4 is 10.0 Å². The van der Waals surface area contributed by atoms with E-state index in [1.54, 1.807) is 36.1 Å². The van der Waals surface area contributed by atoms with Crippen LogP contribution in [0.15, 0.2) is 24.3 Å². The predicted octanol–water partition coefficient (Wildman–Crippen LogP) is 3.03. The lowest BCUT2D eigenvalue weighted by Gasteiger charge is -2.33. The molecule has 9 heteroatoms. The highest BCUT2D eigenvalue weighted by Crippen LogP contribution is 2.22. The Balaban J connectivity index is 1.94. The van der Waals surface area contributed by atoms with Crippen molar-refractivity contribution in [2.75, 3.05) is 28.9 Å². The third kappa shape index (κ3) is 6.70. The molecule has 0 bridgehead atoms. The molecule has 0 aromatic heterocycles. The van der Waals surface area contributed by atoms with Crippen LogP contribution in [0.5, 0.6) is 0 Å². The Labute approximate surface area is 166 Å². The first-order chi connectivity index (χ1) is 13.0. The smallest absolute Gasteiger partial charge is 0.410 e. The second kappa shape index (κ2) is 8.81. The van der Waals surface area contributed by atoms with Crippen molar-refractivity contribution in [3.8, 4) is 0 Å². The molecule has 1 atom stereocenters. The van der Waals surface area contributed by atoms with Gasteiger partial charge in [0.15, 0.2) is 0 Å². The highest BCUT2D eigenvalue weighted by atomic mass is 32.2. The number of sulfonamides is 1. The number of benzene rings is 1. The molecular formula is C19H29N3O5S. The van der Waals surface area contributed by atoms with Crippen LogP contribution in [0.4, 0.5) is 16.2 Å². The zero-order valence-corrected chi connectivity index (χ0v) is 17.6. The molecule has 2 amide bonds. The van der Waals surface area contributed by atoms with Gasteiger partial charge in [0, 0.05) is 24.5 Å². The average molecular weight is 412 g/mol. The van der Waals surface area contributed by atoms with Gasteiger partial charge in [-0.1, -0.05) is 0 Å². The van der Waals surface area contributed by atoms with Crippen molar-refractivity contribution in [3.63, 3.8) is 0 Å². The number of carbonyl (C=O) groups excluding carboxylic acids is 2. The molecule has 8 nitrogen and oxygen atoms in total. The van der Waals surface area contributed by atoms with Gasteiger partial charge in [-0.2, -0.15) is 0 Å². The summed E-state index contributed by atoms with van der Waals surface area (Å²) in [4.78, 5) is 26.4. The number of piperidine rings is 1. The van der Waals surface area contributed by atoms with Gasteiger partial charge in [-0.15, -0.1) is 0 Å². The minimum atomic E-state index is -3.34. The molecule has 1 fully saturated rings. The van der Waals surface area contributed by atoms with Gasteiger partial charge in [0.05, 0.1) is 11.7 Å². The Kier molecular flexibility index (Phi) is 6.92. The number of likely N-dealkylation sites (tertiary alicyclic amines) is 1. The molecule has 2 N–H and O–H groups in total. The number of ether oxygens (including phenoxy) is 1. The molecule has 1 aliphatic heterocycles. The van der Waals surface area contributed by atoms with Gasteiger partial charge in [-0.3, -0.25) is 9.52 Å². The molecule has 0 saturated carbocycles. The van der Waals surface area contributed by atoms with Crippen molar-refractivity contribution in [1.29, 1.82) is 0 Å². The van der Waals surface area contributed by atoms with Crippen molar-refractivity contribution >= 4 is 33.4 Å². The van der Waals surface area contributed by atoms with Gasteiger partial charge < -0.3 is 15.0 Å². The third-order valence-electron chi connectivity index (χ3n) is 4.25. The molecule has 28 heavy (non-hydrogen) atoms. The van der Waals surface area contributed by atoms with Crippen molar-refractivity contribution in [1.82, 2.24) is 4.90 Å². The monoisotopic (exact) mass is 411 g/mol. The van der Waals surface area contributed by atoms with E-state index in [4.69, 9.17) is 4.74 Å². The van der Waals surface area contributed by atoms with Gasteiger partial charge in [0.25, 0.3) is 0 Å². The molecule has 0 aliphatic carbocycles. The number of anilines is 2. The minimum absolute atomic E-state index is 0.0126. The Morgan fingerprint density at radius 3 is 2.36 bits per heavy atom. The summed E-state index contributed by atoms with van der Waals surface area (Å²) < 4.78 is 31.0. The SMILES string of the molecule is CCS(=O)(=O)Nc1ccc(NC(=O)C2CCCN(C(=O)OC(C)(C)C)C2)cc1. The Bertz CT molecular complexity index is 800. The number of hydrogen-bond donors (Lipinski definition) is 2. The Hall–Kier alpha value is -2.29. The molecule has 1 aromatic rings. The van der Waals surface area contributed by atoms with Crippen molar-refractivity contribution in [2.24, 2.45) is 5.92 Å². The molecule has 2 rings (SSSR count). The third-order valence-corrected chi connectivity index (χ3v) is 5.56. The van der Waals surface area contributed by atoms with E-state index in [0.717, 1.165) is 6.42 Å². The molecule has 0 spiro atoms. The van der Waals surface area contributed by atoms with E-state index in [1.165, 1.54) is 0 Å². The lowest BCUT2D eigenvalue weighted by Crippen LogP contribution is -2.45. The quantitative estimate of drug-likeness (QED) is 0.775. The summed E-state index contributed by atoms with van der Waals surface area (Å²) in [6.45, 7) is 7.87. The second-order valence-electron chi connectivity index (χ2n) is 7.84. The van der Waals surface area contributed by atoms with Gasteiger partial charge in [-0.05, 0) is 64.8 Å². The molecule has 156 valence electrons. The van der Waals surface area contributed by atoms with Crippen molar-refractivity contribution in [2.45, 2.75) is 46.1 Å². The number of amides is 2. The van der Waals surface area contributed by atoms with Gasteiger partial charge >= 0.3 is 6.09 Å². The van der Waals surface area contributed by atoms with E-state index in [9.17, 15) is 18.0 Å². The average Bonchev–Trinajstić information content (AvgIpc) is 2.62. The summed E-state index contributed by atoms with van der Waals surface area (Å²) in [5.74, 6) is -0.504. The van der Waals surface area contributed by atoms with Crippen LogP contribution in [0.3, 0.4) is 0 Å². The highest BCUT2D eigenvalue weighted by Gasteiger charge is 2.31. The second-order valence-corrected chi connectivity index (χ2v) is 9.85. The van der Waals surface area contributed by atoms with Crippen LogP contribution in [-0.4, -0.2) is 49.8 Å². The predicted molar refractivity (Wildman–Crippen MR) is 109 cm³/mol. The number of nitrogens with one attached hydrogen (secondary N) is 2. The van der Waals surface area contributed by atoms with Crippen molar-refractivity contribution in [3.05, 3.63) is 24.3 Å². The largest absolute Gasteiger partial charge is 0.444 e. The normalized spacial score (nSPS) is 17.7. The van der Waals surface area contributed by atoms with E-state index in [-0.39, 0.29) is 17.6 Å². The summed E-state index contributed by atoms with van der Waals surface area (Å²) in [7, 11) is -3.34. The highest BCUT2D eigenvalue weighted by molar-refractivity contribution is 7.92. The van der Waals surface area contributed by atoms with Crippen LogP contribution in [0.25, 0.3) is 0 Å². The first kappa shape index (κ1) is 22.0. The summed E-state index contributed by atoms with van der Waals surface area (Å²) >= 11 is 0. The molecule has 1 heterocycles. The van der Waals surface area contributed by atoms with E-state index in [2.05, 4.69) is 10.0 Å². The lowest BCUT2D eigenvalue weighted by molar-refractivity contribution is -0.121. The first-order valence-corrected chi connectivity index (χ1v) is 11.0. The van der Waals surface area contributed by atoms with E-state index in [1.807, 2.05) is 20.8 Å². The van der Waals surface area contributed by atoms with Crippen LogP contribution in [0.2, 0.25) is 0 Å².